The van der Waals surface area contributed by atoms with Gasteiger partial charge < -0.3 is 20.1 Å². The fraction of sp³-hybridized carbons (Fsp3) is 0.250. The molecule has 0 spiro atoms. The van der Waals surface area contributed by atoms with Crippen LogP contribution in [0.25, 0.3) is 0 Å². The second-order valence-corrected chi connectivity index (χ2v) is 6.04. The van der Waals surface area contributed by atoms with Gasteiger partial charge in [-0.25, -0.2) is 0 Å². The van der Waals surface area contributed by atoms with Crippen molar-refractivity contribution in [3.8, 4) is 5.75 Å². The van der Waals surface area contributed by atoms with Crippen molar-refractivity contribution in [3.63, 3.8) is 0 Å². The maximum absolute atomic E-state index is 12.2. The number of nitrogens with zero attached hydrogens (tertiary/aromatic N) is 1. The highest BCUT2D eigenvalue weighted by atomic mass is 16.6. The molecule has 30 heavy (non-hydrogen) atoms. The minimum Gasteiger partial charge on any atom is -0.494 e. The van der Waals surface area contributed by atoms with Crippen LogP contribution >= 0.6 is 0 Å². The van der Waals surface area contributed by atoms with E-state index in [-0.39, 0.29) is 11.4 Å². The smallest absolute Gasteiger partial charge is 0.326 e. The number of para-hydroxylation sites is 2. The van der Waals surface area contributed by atoms with E-state index in [4.69, 9.17) is 9.47 Å². The highest BCUT2D eigenvalue weighted by molar-refractivity contribution is 5.98. The fourth-order valence-electron chi connectivity index (χ4n) is 2.39. The lowest BCUT2D eigenvalue weighted by Gasteiger charge is -2.14. The van der Waals surface area contributed by atoms with Crippen molar-refractivity contribution in [2.45, 2.75) is 20.0 Å². The molecular weight excluding hydrogens is 394 g/mol. The zero-order valence-corrected chi connectivity index (χ0v) is 16.4. The summed E-state index contributed by atoms with van der Waals surface area (Å²) in [5, 5.41) is 15.7. The third-order valence-corrected chi connectivity index (χ3v) is 3.86. The summed E-state index contributed by atoms with van der Waals surface area (Å²) in [6.45, 7) is 3.21. The molecule has 2 aromatic carbocycles. The standard InChI is InChI=1S/C20H21N3O7/c1-3-29-15-10-8-14(9-11-15)20(26)21-12-18(24)30-13(2)19(25)22-16-6-4-5-7-17(16)23(27)28/h4-11,13H,3,12H2,1-2H3,(H,21,26)(H,22,25)/t13-/m1/s1. The number of nitro benzene ring substituents is 1. The molecule has 0 heterocycles. The molecule has 0 aromatic heterocycles. The first-order chi connectivity index (χ1) is 14.3. The first-order valence-electron chi connectivity index (χ1n) is 9.06. The van der Waals surface area contributed by atoms with Crippen LogP contribution in [0.15, 0.2) is 48.5 Å². The van der Waals surface area contributed by atoms with E-state index >= 15 is 0 Å². The van der Waals surface area contributed by atoms with Crippen LogP contribution in [0, 0.1) is 10.1 Å². The van der Waals surface area contributed by atoms with E-state index in [1.807, 2.05) is 6.92 Å². The number of esters is 1. The van der Waals surface area contributed by atoms with Crippen LogP contribution in [0.5, 0.6) is 5.75 Å². The van der Waals surface area contributed by atoms with Crippen molar-refractivity contribution in [3.05, 3.63) is 64.2 Å². The normalized spacial score (nSPS) is 11.1. The first kappa shape index (κ1) is 22.3. The molecule has 2 aromatic rings. The minimum absolute atomic E-state index is 0.0146. The summed E-state index contributed by atoms with van der Waals surface area (Å²) < 4.78 is 10.3. The molecule has 10 nitrogen and oxygen atoms in total. The van der Waals surface area contributed by atoms with Crippen LogP contribution in [0.2, 0.25) is 0 Å². The molecule has 0 radical (unpaired) electrons. The molecule has 10 heteroatoms. The number of nitro groups is 1. The summed E-state index contributed by atoms with van der Waals surface area (Å²) in [6.07, 6.45) is -1.22. The quantitative estimate of drug-likeness (QED) is 0.364. The van der Waals surface area contributed by atoms with Gasteiger partial charge in [0.05, 0.1) is 11.5 Å². The molecule has 0 fully saturated rings. The molecule has 0 unspecified atom stereocenters. The van der Waals surface area contributed by atoms with E-state index in [2.05, 4.69) is 10.6 Å². The number of nitrogens with one attached hydrogen (secondary N) is 2. The van der Waals surface area contributed by atoms with Crippen LogP contribution < -0.4 is 15.4 Å². The Balaban J connectivity index is 1.84. The zero-order chi connectivity index (χ0) is 22.1. The van der Waals surface area contributed by atoms with Gasteiger partial charge in [0, 0.05) is 11.6 Å². The molecule has 0 saturated carbocycles. The summed E-state index contributed by atoms with van der Waals surface area (Å²) in [6, 6.07) is 11.9. The Kier molecular flexibility index (Phi) is 7.86. The number of ether oxygens (including phenoxy) is 2. The lowest BCUT2D eigenvalue weighted by Crippen LogP contribution is -2.35. The molecule has 0 bridgehead atoms. The van der Waals surface area contributed by atoms with Crippen molar-refractivity contribution >= 4 is 29.2 Å². The van der Waals surface area contributed by atoms with E-state index in [9.17, 15) is 24.5 Å². The van der Waals surface area contributed by atoms with E-state index in [1.54, 1.807) is 24.3 Å². The molecule has 0 aliphatic carbocycles. The van der Waals surface area contributed by atoms with Crippen LogP contribution in [0.4, 0.5) is 11.4 Å². The zero-order valence-electron chi connectivity index (χ0n) is 16.4. The number of anilines is 1. The van der Waals surface area contributed by atoms with E-state index in [1.165, 1.54) is 31.2 Å². The molecule has 2 rings (SSSR count). The van der Waals surface area contributed by atoms with Crippen LogP contribution in [-0.2, 0) is 14.3 Å². The van der Waals surface area contributed by atoms with Crippen molar-refractivity contribution in [2.24, 2.45) is 0 Å². The molecular formula is C20H21N3O7. The number of rotatable bonds is 9. The molecule has 158 valence electrons. The van der Waals surface area contributed by atoms with E-state index < -0.39 is 35.4 Å². The van der Waals surface area contributed by atoms with Crippen molar-refractivity contribution in [1.29, 1.82) is 0 Å². The highest BCUT2D eigenvalue weighted by Gasteiger charge is 2.21. The number of amides is 2. The maximum Gasteiger partial charge on any atom is 0.326 e. The van der Waals surface area contributed by atoms with Crippen molar-refractivity contribution < 1.29 is 28.8 Å². The Bertz CT molecular complexity index is 928. The molecule has 2 amide bonds. The predicted molar refractivity (Wildman–Crippen MR) is 107 cm³/mol. The van der Waals surface area contributed by atoms with E-state index in [0.29, 0.717) is 17.9 Å². The monoisotopic (exact) mass is 415 g/mol. The Morgan fingerprint density at radius 3 is 2.40 bits per heavy atom. The Morgan fingerprint density at radius 2 is 1.77 bits per heavy atom. The van der Waals surface area contributed by atoms with Crippen LogP contribution in [-0.4, -0.2) is 42.0 Å². The number of carbonyl (C=O) groups is 3. The van der Waals surface area contributed by atoms with Gasteiger partial charge in [0.1, 0.15) is 18.0 Å². The Labute approximate surface area is 172 Å². The summed E-state index contributed by atoms with van der Waals surface area (Å²) in [5.41, 5.74) is 0.0274. The van der Waals surface area contributed by atoms with Crippen LogP contribution in [0.1, 0.15) is 24.2 Å². The third kappa shape index (κ3) is 6.30. The maximum atomic E-state index is 12.2. The molecule has 0 aliphatic heterocycles. The van der Waals surface area contributed by atoms with E-state index in [0.717, 1.165) is 0 Å². The fourth-order valence-corrected chi connectivity index (χ4v) is 2.39. The topological polar surface area (TPSA) is 137 Å². The molecule has 2 N–H and O–H groups in total. The van der Waals surface area contributed by atoms with Gasteiger partial charge >= 0.3 is 5.97 Å². The number of benzene rings is 2. The Morgan fingerprint density at radius 1 is 1.10 bits per heavy atom. The van der Waals surface area contributed by atoms with Gasteiger partial charge in [0.25, 0.3) is 17.5 Å². The largest absolute Gasteiger partial charge is 0.494 e. The number of carbonyl (C=O) groups excluding carboxylic acids is 3. The van der Waals surface area contributed by atoms with Gasteiger partial charge in [0.15, 0.2) is 6.10 Å². The van der Waals surface area contributed by atoms with Gasteiger partial charge in [-0.05, 0) is 44.2 Å². The summed E-state index contributed by atoms with van der Waals surface area (Å²) in [5.74, 6) is -1.45. The first-order valence-corrected chi connectivity index (χ1v) is 9.06. The van der Waals surface area contributed by atoms with Crippen molar-refractivity contribution in [1.82, 2.24) is 5.32 Å². The average Bonchev–Trinajstić information content (AvgIpc) is 2.73. The molecule has 0 saturated heterocycles. The number of hydrogen-bond acceptors (Lipinski definition) is 7. The van der Waals surface area contributed by atoms with Gasteiger partial charge in [-0.15, -0.1) is 0 Å². The molecule has 1 atom stereocenters. The lowest BCUT2D eigenvalue weighted by atomic mass is 10.2. The van der Waals surface area contributed by atoms with Gasteiger partial charge in [0.2, 0.25) is 0 Å². The van der Waals surface area contributed by atoms with Gasteiger partial charge in [-0.1, -0.05) is 12.1 Å². The lowest BCUT2D eigenvalue weighted by molar-refractivity contribution is -0.383. The van der Waals surface area contributed by atoms with Gasteiger partial charge in [-0.2, -0.15) is 0 Å². The predicted octanol–water partition coefficient (Wildman–Crippen LogP) is 2.29. The summed E-state index contributed by atoms with van der Waals surface area (Å²) >= 11 is 0. The minimum atomic E-state index is -1.22. The second-order valence-electron chi connectivity index (χ2n) is 6.04. The molecule has 0 aliphatic rings. The van der Waals surface area contributed by atoms with Crippen molar-refractivity contribution in [2.75, 3.05) is 18.5 Å². The third-order valence-electron chi connectivity index (χ3n) is 3.86. The van der Waals surface area contributed by atoms with Gasteiger partial charge in [-0.3, -0.25) is 24.5 Å². The Hall–Kier alpha value is -3.95. The summed E-state index contributed by atoms with van der Waals surface area (Å²) in [7, 11) is 0. The van der Waals surface area contributed by atoms with Crippen LogP contribution in [0.3, 0.4) is 0 Å². The highest BCUT2D eigenvalue weighted by Crippen LogP contribution is 2.23. The second kappa shape index (κ2) is 10.6. The number of hydrogen-bond donors (Lipinski definition) is 2. The average molecular weight is 415 g/mol. The summed E-state index contributed by atoms with van der Waals surface area (Å²) in [4.78, 5) is 46.5. The SMILES string of the molecule is CCOc1ccc(C(=O)NCC(=O)O[C@H](C)C(=O)Nc2ccccc2[N+](=O)[O-])cc1.